The van der Waals surface area contributed by atoms with Crippen LogP contribution in [0.5, 0.6) is 0 Å². The van der Waals surface area contributed by atoms with Crippen molar-refractivity contribution >= 4 is 16.5 Å². The van der Waals surface area contributed by atoms with Crippen LogP contribution in [0.4, 0.5) is 0 Å². The van der Waals surface area contributed by atoms with Gasteiger partial charge in [-0.3, -0.25) is 4.84 Å². The Labute approximate surface area is 117 Å². The lowest BCUT2D eigenvalue weighted by molar-refractivity contribution is -0.162. The van der Waals surface area contributed by atoms with E-state index in [4.69, 9.17) is 9.57 Å². The van der Waals surface area contributed by atoms with Gasteiger partial charge in [0.25, 0.3) is 0 Å². The number of methoxy groups -OCH3 is 1. The average Bonchev–Trinajstić information content (AvgIpc) is 2.66. The number of rotatable bonds is 5. The Morgan fingerprint density at radius 3 is 2.50 bits per heavy atom. The fourth-order valence-corrected chi connectivity index (χ4v) is 3.87. The van der Waals surface area contributed by atoms with E-state index < -0.39 is 22.0 Å². The third-order valence-electron chi connectivity index (χ3n) is 3.20. The lowest BCUT2D eigenvalue weighted by atomic mass is 9.91. The topological polar surface area (TPSA) is 84.9 Å². The van der Waals surface area contributed by atoms with Gasteiger partial charge in [-0.2, -0.15) is 13.1 Å². The molecule has 8 heteroatoms. The second-order valence-electron chi connectivity index (χ2n) is 4.42. The van der Waals surface area contributed by atoms with E-state index in [0.717, 1.165) is 5.56 Å². The summed E-state index contributed by atoms with van der Waals surface area (Å²) in [6, 6.07) is 9.06. The Morgan fingerprint density at radius 1 is 1.35 bits per heavy atom. The summed E-state index contributed by atoms with van der Waals surface area (Å²) in [4.78, 5) is 16.6. The first kappa shape index (κ1) is 15.1. The molecule has 0 aromatic heterocycles. The van der Waals surface area contributed by atoms with Crippen LogP contribution in [0.3, 0.4) is 0 Å². The number of carbonyl (C=O) groups is 1. The van der Waals surface area contributed by atoms with Crippen molar-refractivity contribution in [3.63, 3.8) is 0 Å². The standard InChI is InChI=1S/C12H16N2O5S/c1-18-11-12(9-15,8-10-6-4-3-5-7-10)14(19-2)20(16,17)13-11/h3-7,9,11,13H,8H2,1-2H3. The molecule has 1 saturated heterocycles. The Bertz CT molecular complexity index is 577. The van der Waals surface area contributed by atoms with Gasteiger partial charge in [0, 0.05) is 13.5 Å². The van der Waals surface area contributed by atoms with Crippen LogP contribution in [-0.2, 0) is 31.0 Å². The van der Waals surface area contributed by atoms with Crippen LogP contribution in [0.2, 0.25) is 0 Å². The van der Waals surface area contributed by atoms with Crippen LogP contribution in [0.15, 0.2) is 30.3 Å². The van der Waals surface area contributed by atoms with E-state index in [1.54, 1.807) is 12.1 Å². The molecule has 1 aliphatic rings. The van der Waals surface area contributed by atoms with E-state index in [-0.39, 0.29) is 6.42 Å². The Balaban J connectivity index is 2.47. The van der Waals surface area contributed by atoms with E-state index in [2.05, 4.69) is 4.72 Å². The summed E-state index contributed by atoms with van der Waals surface area (Å²) in [5, 5.41) is 0. The van der Waals surface area contributed by atoms with Crippen LogP contribution in [-0.4, -0.2) is 45.2 Å². The van der Waals surface area contributed by atoms with Gasteiger partial charge < -0.3 is 9.53 Å². The second kappa shape index (κ2) is 5.58. The number of nitrogens with one attached hydrogen (secondary N) is 1. The van der Waals surface area contributed by atoms with E-state index in [1.165, 1.54) is 14.2 Å². The normalized spacial score (nSPS) is 29.4. The maximum Gasteiger partial charge on any atom is 0.305 e. The minimum absolute atomic E-state index is 0.135. The molecule has 0 radical (unpaired) electrons. The highest BCUT2D eigenvalue weighted by Gasteiger charge is 2.58. The molecule has 0 spiro atoms. The number of ether oxygens (including phenoxy) is 1. The Hall–Kier alpha value is -1.32. The SMILES string of the molecule is COC1NS(=O)(=O)N(OC)C1(C=O)Cc1ccccc1. The third kappa shape index (κ3) is 2.36. The van der Waals surface area contributed by atoms with Gasteiger partial charge in [-0.25, -0.2) is 0 Å². The maximum atomic E-state index is 12.0. The first-order valence-corrected chi connectivity index (χ1v) is 7.34. The molecule has 1 aromatic carbocycles. The molecule has 2 atom stereocenters. The molecule has 0 aliphatic carbocycles. The quantitative estimate of drug-likeness (QED) is 0.765. The predicted octanol–water partition coefficient (Wildman–Crippen LogP) is -0.149. The van der Waals surface area contributed by atoms with Gasteiger partial charge in [0.15, 0.2) is 11.8 Å². The summed E-state index contributed by atoms with van der Waals surface area (Å²) >= 11 is 0. The highest BCUT2D eigenvalue weighted by Crippen LogP contribution is 2.32. The van der Waals surface area contributed by atoms with Gasteiger partial charge in [-0.05, 0) is 5.56 Å². The monoisotopic (exact) mass is 300 g/mol. The summed E-state index contributed by atoms with van der Waals surface area (Å²) in [6.07, 6.45) is -0.351. The van der Waals surface area contributed by atoms with Crippen molar-refractivity contribution in [1.82, 2.24) is 9.19 Å². The molecule has 2 unspecified atom stereocenters. The summed E-state index contributed by atoms with van der Waals surface area (Å²) in [5.74, 6) is 0. The van der Waals surface area contributed by atoms with Crippen molar-refractivity contribution in [2.24, 2.45) is 0 Å². The molecule has 1 N–H and O–H groups in total. The van der Waals surface area contributed by atoms with E-state index in [9.17, 15) is 13.2 Å². The van der Waals surface area contributed by atoms with Crippen LogP contribution < -0.4 is 4.72 Å². The van der Waals surface area contributed by atoms with Crippen molar-refractivity contribution in [3.05, 3.63) is 35.9 Å². The molecule has 1 heterocycles. The fourth-order valence-electron chi connectivity index (χ4n) is 2.35. The van der Waals surface area contributed by atoms with Gasteiger partial charge in [-0.1, -0.05) is 34.8 Å². The molecule has 7 nitrogen and oxygen atoms in total. The van der Waals surface area contributed by atoms with Gasteiger partial charge in [0.05, 0.1) is 7.11 Å². The first-order chi connectivity index (χ1) is 9.50. The number of benzene rings is 1. The maximum absolute atomic E-state index is 12.0. The average molecular weight is 300 g/mol. The molecular weight excluding hydrogens is 284 g/mol. The first-order valence-electron chi connectivity index (χ1n) is 5.90. The smallest absolute Gasteiger partial charge is 0.305 e. The van der Waals surface area contributed by atoms with E-state index in [1.807, 2.05) is 18.2 Å². The van der Waals surface area contributed by atoms with Gasteiger partial charge >= 0.3 is 10.2 Å². The number of hydrogen-bond donors (Lipinski definition) is 1. The van der Waals surface area contributed by atoms with Gasteiger partial charge in [0.1, 0.15) is 6.29 Å². The van der Waals surface area contributed by atoms with Crippen LogP contribution in [0.25, 0.3) is 0 Å². The number of hydrogen-bond acceptors (Lipinski definition) is 5. The van der Waals surface area contributed by atoms with Crippen LogP contribution in [0.1, 0.15) is 5.56 Å². The lowest BCUT2D eigenvalue weighted by Gasteiger charge is -2.31. The molecule has 1 aromatic rings. The molecule has 1 aliphatic heterocycles. The third-order valence-corrected chi connectivity index (χ3v) is 4.64. The molecule has 2 rings (SSSR count). The van der Waals surface area contributed by atoms with Crippen molar-refractivity contribution in [1.29, 1.82) is 0 Å². The number of aldehydes is 1. The summed E-state index contributed by atoms with van der Waals surface area (Å²) in [5.41, 5.74) is -0.688. The number of hydroxylamine groups is 1. The minimum atomic E-state index is -3.93. The molecule has 0 bridgehead atoms. The molecule has 0 saturated carbocycles. The molecule has 1 fully saturated rings. The van der Waals surface area contributed by atoms with Crippen molar-refractivity contribution < 1.29 is 22.8 Å². The highest BCUT2D eigenvalue weighted by molar-refractivity contribution is 7.87. The molecular formula is C12H16N2O5S. The zero-order valence-corrected chi connectivity index (χ0v) is 12.0. The number of carbonyl (C=O) groups excluding carboxylic acids is 1. The second-order valence-corrected chi connectivity index (χ2v) is 5.94. The molecule has 0 amide bonds. The predicted molar refractivity (Wildman–Crippen MR) is 70.6 cm³/mol. The summed E-state index contributed by atoms with van der Waals surface area (Å²) < 4.78 is 32.0. The zero-order chi connectivity index (χ0) is 14.8. The van der Waals surface area contributed by atoms with Crippen molar-refractivity contribution in [2.45, 2.75) is 18.2 Å². The van der Waals surface area contributed by atoms with Crippen LogP contribution >= 0.6 is 0 Å². The zero-order valence-electron chi connectivity index (χ0n) is 11.1. The summed E-state index contributed by atoms with van der Waals surface area (Å²) in [7, 11) is -1.41. The largest absolute Gasteiger partial charge is 0.363 e. The highest BCUT2D eigenvalue weighted by atomic mass is 32.2. The van der Waals surface area contributed by atoms with E-state index in [0.29, 0.717) is 10.8 Å². The van der Waals surface area contributed by atoms with E-state index >= 15 is 0 Å². The molecule has 20 heavy (non-hydrogen) atoms. The Morgan fingerprint density at radius 2 is 2.00 bits per heavy atom. The van der Waals surface area contributed by atoms with Gasteiger partial charge in [0.2, 0.25) is 0 Å². The van der Waals surface area contributed by atoms with Gasteiger partial charge in [-0.15, -0.1) is 0 Å². The Kier molecular flexibility index (Phi) is 4.21. The minimum Gasteiger partial charge on any atom is -0.363 e. The lowest BCUT2D eigenvalue weighted by Crippen LogP contribution is -2.55. The summed E-state index contributed by atoms with van der Waals surface area (Å²) in [6.45, 7) is 0. The molecule has 110 valence electrons. The van der Waals surface area contributed by atoms with Crippen molar-refractivity contribution in [3.8, 4) is 0 Å². The fraction of sp³-hybridized carbons (Fsp3) is 0.417. The van der Waals surface area contributed by atoms with Crippen molar-refractivity contribution in [2.75, 3.05) is 14.2 Å². The van der Waals surface area contributed by atoms with Crippen LogP contribution in [0, 0.1) is 0 Å². The number of nitrogens with zero attached hydrogens (tertiary/aromatic N) is 1.